The molecule has 0 aliphatic rings. The minimum atomic E-state index is -1.47. The molecule has 180 valence electrons. The number of ether oxygens (including phenoxy) is 1. The second-order valence-electron chi connectivity index (χ2n) is 8.55. The van der Waals surface area contributed by atoms with Crippen LogP contribution in [0, 0.1) is 18.8 Å². The summed E-state index contributed by atoms with van der Waals surface area (Å²) in [7, 11) is 0. The maximum Gasteiger partial charge on any atom is 0.328 e. The van der Waals surface area contributed by atoms with Crippen LogP contribution in [0.3, 0.4) is 0 Å². The van der Waals surface area contributed by atoms with Gasteiger partial charge in [-0.2, -0.15) is 0 Å². The number of hydrogen-bond donors (Lipinski definition) is 5. The zero-order valence-corrected chi connectivity index (χ0v) is 19.9. The van der Waals surface area contributed by atoms with Crippen LogP contribution in [0.1, 0.15) is 50.0 Å². The monoisotopic (exact) mass is 471 g/mol. The predicted octanol–water partition coefficient (Wildman–Crippen LogP) is 1.72. The van der Waals surface area contributed by atoms with Gasteiger partial charge in [0.2, 0.25) is 5.91 Å². The molecule has 0 unspecified atom stereocenters. The molecule has 6 N–H and O–H groups in total. The highest BCUT2D eigenvalue weighted by molar-refractivity contribution is 6.31. The third-order valence-corrected chi connectivity index (χ3v) is 5.33. The van der Waals surface area contributed by atoms with Gasteiger partial charge in [-0.3, -0.25) is 9.59 Å². The lowest BCUT2D eigenvalue weighted by atomic mass is 10.0. The van der Waals surface area contributed by atoms with E-state index in [1.165, 1.54) is 6.07 Å². The number of benzene rings is 1. The maximum absolute atomic E-state index is 13.1. The fourth-order valence-corrected chi connectivity index (χ4v) is 2.89. The number of carbonyl (C=O) groups excluding carboxylic acids is 2. The van der Waals surface area contributed by atoms with E-state index in [1.807, 2.05) is 27.7 Å². The van der Waals surface area contributed by atoms with Gasteiger partial charge >= 0.3 is 5.97 Å². The Balaban J connectivity index is 3.14. The minimum Gasteiger partial charge on any atom is -0.491 e. The average Bonchev–Trinajstić information content (AvgIpc) is 2.70. The second kappa shape index (κ2) is 12.6. The lowest BCUT2D eigenvalue weighted by Gasteiger charge is -2.23. The van der Waals surface area contributed by atoms with Crippen molar-refractivity contribution in [1.82, 2.24) is 10.6 Å². The molecule has 1 aromatic rings. The Morgan fingerprint density at radius 1 is 1.12 bits per heavy atom. The molecule has 0 heterocycles. The molecule has 3 atom stereocenters. The van der Waals surface area contributed by atoms with Crippen molar-refractivity contribution < 1.29 is 29.3 Å². The number of aliphatic hydroxyl groups excluding tert-OH is 1. The summed E-state index contributed by atoms with van der Waals surface area (Å²) in [5, 5.41) is 23.5. The van der Waals surface area contributed by atoms with Gasteiger partial charge in [0.15, 0.2) is 0 Å². The Kier molecular flexibility index (Phi) is 10.9. The smallest absolute Gasteiger partial charge is 0.328 e. The summed E-state index contributed by atoms with van der Waals surface area (Å²) in [5.74, 6) is -2.22. The number of amides is 2. The van der Waals surface area contributed by atoms with Crippen LogP contribution in [0.25, 0.3) is 0 Å². The molecule has 1 aromatic carbocycles. The van der Waals surface area contributed by atoms with Gasteiger partial charge < -0.3 is 31.3 Å². The van der Waals surface area contributed by atoms with Crippen LogP contribution in [-0.2, 0) is 9.59 Å². The minimum absolute atomic E-state index is 0.0184. The first kappa shape index (κ1) is 27.7. The Labute approximate surface area is 193 Å². The number of nitrogens with two attached hydrogens (primary N) is 1. The molecule has 9 nitrogen and oxygen atoms in total. The quantitative estimate of drug-likeness (QED) is 0.311. The first-order valence-electron chi connectivity index (χ1n) is 10.5. The average molecular weight is 472 g/mol. The molecule has 10 heteroatoms. The highest BCUT2D eigenvalue weighted by Gasteiger charge is 2.28. The fourth-order valence-electron chi connectivity index (χ4n) is 2.73. The Morgan fingerprint density at radius 2 is 1.75 bits per heavy atom. The molecule has 2 amide bonds. The summed E-state index contributed by atoms with van der Waals surface area (Å²) < 4.78 is 5.80. The number of carboxylic acid groups (broad SMARTS) is 1. The molecule has 0 saturated carbocycles. The zero-order chi connectivity index (χ0) is 24.6. The van der Waals surface area contributed by atoms with E-state index >= 15 is 0 Å². The molecule has 0 radical (unpaired) electrons. The number of carboxylic acids is 1. The van der Waals surface area contributed by atoms with Gasteiger partial charge in [-0.05, 0) is 42.9 Å². The molecule has 0 aromatic heterocycles. The van der Waals surface area contributed by atoms with Crippen molar-refractivity contribution in [1.29, 1.82) is 0 Å². The number of hydrogen-bond acceptors (Lipinski definition) is 6. The van der Waals surface area contributed by atoms with E-state index < -0.39 is 36.5 Å². The number of rotatable bonds is 12. The number of aliphatic hydroxyl groups is 1. The van der Waals surface area contributed by atoms with Gasteiger partial charge in [-0.25, -0.2) is 4.79 Å². The van der Waals surface area contributed by atoms with E-state index in [0.29, 0.717) is 10.6 Å². The van der Waals surface area contributed by atoms with E-state index in [1.54, 1.807) is 13.0 Å². The fraction of sp³-hybridized carbons (Fsp3) is 0.591. The van der Waals surface area contributed by atoms with Crippen LogP contribution in [0.15, 0.2) is 12.1 Å². The molecular weight excluding hydrogens is 438 g/mol. The standard InChI is InChI=1S/C22H34ClN3O6/c1-11(2)6-17(21(29)26-18(9-27)22(30)31)25-20(28)14-8-15(23)13(5)7-19(14)32-10-16(24)12(3)4/h7-8,11-12,16-18,27H,6,9-10,24H2,1-5H3,(H,25,28)(H,26,29)(H,30,31)/t16-,17-,18-/m0/s1. The van der Waals surface area contributed by atoms with Crippen molar-refractivity contribution in [3.63, 3.8) is 0 Å². The molecule has 0 aliphatic heterocycles. The van der Waals surface area contributed by atoms with Gasteiger partial charge in [0, 0.05) is 11.1 Å². The van der Waals surface area contributed by atoms with E-state index in [2.05, 4.69) is 10.6 Å². The highest BCUT2D eigenvalue weighted by Crippen LogP contribution is 2.27. The van der Waals surface area contributed by atoms with Gasteiger partial charge in [-0.15, -0.1) is 0 Å². The number of aryl methyl sites for hydroxylation is 1. The summed E-state index contributed by atoms with van der Waals surface area (Å²) in [6.07, 6.45) is 0.253. The molecule has 1 rings (SSSR count). The van der Waals surface area contributed by atoms with E-state index in [-0.39, 0.29) is 42.2 Å². The van der Waals surface area contributed by atoms with Crippen LogP contribution in [0.5, 0.6) is 5.75 Å². The number of carbonyl (C=O) groups is 3. The molecule has 0 spiro atoms. The van der Waals surface area contributed by atoms with Crippen molar-refractivity contribution in [2.24, 2.45) is 17.6 Å². The summed E-state index contributed by atoms with van der Waals surface area (Å²) in [4.78, 5) is 36.8. The van der Waals surface area contributed by atoms with Gasteiger partial charge in [0.1, 0.15) is 24.4 Å². The summed E-state index contributed by atoms with van der Waals surface area (Å²) in [6, 6.07) is 0.350. The van der Waals surface area contributed by atoms with Crippen LogP contribution >= 0.6 is 11.6 Å². The molecule has 0 fully saturated rings. The van der Waals surface area contributed by atoms with Gasteiger partial charge in [0.05, 0.1) is 12.2 Å². The van der Waals surface area contributed by atoms with Crippen molar-refractivity contribution in [3.05, 3.63) is 28.3 Å². The number of aliphatic carboxylic acids is 1. The molecule has 0 aliphatic carbocycles. The zero-order valence-electron chi connectivity index (χ0n) is 19.1. The van der Waals surface area contributed by atoms with Crippen LogP contribution in [0.4, 0.5) is 0 Å². The van der Waals surface area contributed by atoms with E-state index in [4.69, 9.17) is 27.2 Å². The summed E-state index contributed by atoms with van der Waals surface area (Å²) in [6.45, 7) is 8.82. The predicted molar refractivity (Wildman–Crippen MR) is 122 cm³/mol. The van der Waals surface area contributed by atoms with E-state index in [0.717, 1.165) is 0 Å². The van der Waals surface area contributed by atoms with Crippen molar-refractivity contribution >= 4 is 29.4 Å². The summed E-state index contributed by atoms with van der Waals surface area (Å²) in [5.41, 5.74) is 6.89. The second-order valence-corrected chi connectivity index (χ2v) is 8.96. The van der Waals surface area contributed by atoms with Crippen LogP contribution in [-0.4, -0.2) is 59.3 Å². The van der Waals surface area contributed by atoms with Crippen LogP contribution < -0.4 is 21.1 Å². The maximum atomic E-state index is 13.1. The Hall–Kier alpha value is -2.36. The largest absolute Gasteiger partial charge is 0.491 e. The lowest BCUT2D eigenvalue weighted by Crippen LogP contribution is -2.53. The molecule has 32 heavy (non-hydrogen) atoms. The first-order chi connectivity index (χ1) is 14.9. The SMILES string of the molecule is Cc1cc(OC[C@H](N)C(C)C)c(C(=O)N[C@@H](CC(C)C)C(=O)N[C@@H](CO)C(=O)O)cc1Cl. The third-order valence-electron chi connectivity index (χ3n) is 4.92. The number of halogens is 1. The molecule has 0 bridgehead atoms. The van der Waals surface area contributed by atoms with Gasteiger partial charge in [0.25, 0.3) is 5.91 Å². The number of nitrogens with one attached hydrogen (secondary N) is 2. The van der Waals surface area contributed by atoms with Crippen LogP contribution in [0.2, 0.25) is 5.02 Å². The lowest BCUT2D eigenvalue weighted by molar-refractivity contribution is -0.143. The first-order valence-corrected chi connectivity index (χ1v) is 10.9. The Bertz CT molecular complexity index is 815. The topological polar surface area (TPSA) is 151 Å². The van der Waals surface area contributed by atoms with E-state index in [9.17, 15) is 19.5 Å². The van der Waals surface area contributed by atoms with Crippen molar-refractivity contribution in [3.8, 4) is 5.75 Å². The Morgan fingerprint density at radius 3 is 2.25 bits per heavy atom. The highest BCUT2D eigenvalue weighted by atomic mass is 35.5. The normalized spacial score (nSPS) is 14.1. The van der Waals surface area contributed by atoms with Crippen molar-refractivity contribution in [2.75, 3.05) is 13.2 Å². The van der Waals surface area contributed by atoms with Gasteiger partial charge in [-0.1, -0.05) is 39.3 Å². The molecular formula is C22H34ClN3O6. The molecule has 0 saturated heterocycles. The van der Waals surface area contributed by atoms with Crippen molar-refractivity contribution in [2.45, 2.75) is 59.2 Å². The summed E-state index contributed by atoms with van der Waals surface area (Å²) >= 11 is 6.22. The third kappa shape index (κ3) is 8.29.